The van der Waals surface area contributed by atoms with Crippen LogP contribution in [0.1, 0.15) is 21.7 Å². The number of benzene rings is 3. The Bertz CT molecular complexity index is 1200. The van der Waals surface area contributed by atoms with E-state index in [2.05, 4.69) is 56.3 Å². The van der Waals surface area contributed by atoms with Gasteiger partial charge in [-0.2, -0.15) is 5.26 Å². The molecule has 0 aliphatic heterocycles. The summed E-state index contributed by atoms with van der Waals surface area (Å²) in [5.41, 5.74) is 6.14. The van der Waals surface area contributed by atoms with Gasteiger partial charge in [-0.3, -0.25) is 0 Å². The Morgan fingerprint density at radius 3 is 2.63 bits per heavy atom. The predicted octanol–water partition coefficient (Wildman–Crippen LogP) is 6.64. The second kappa shape index (κ2) is 7.19. The summed E-state index contributed by atoms with van der Waals surface area (Å²) in [6.07, 6.45) is 1.94. The number of aryl methyl sites for hydroxylation is 2. The summed E-state index contributed by atoms with van der Waals surface area (Å²) in [7, 11) is 0. The summed E-state index contributed by atoms with van der Waals surface area (Å²) in [6, 6.07) is 23.0. The minimum atomic E-state index is 0.589. The van der Waals surface area contributed by atoms with Crippen molar-refractivity contribution in [1.82, 2.24) is 4.98 Å². The highest BCUT2D eigenvalue weighted by Gasteiger charge is 2.10. The lowest BCUT2D eigenvalue weighted by atomic mass is 10.0. The minimum Gasteiger partial charge on any atom is -0.235 e. The van der Waals surface area contributed by atoms with Gasteiger partial charge in [-0.25, -0.2) is 4.98 Å². The highest BCUT2D eigenvalue weighted by Crippen LogP contribution is 2.29. The number of allylic oxidation sites excluding steroid dienone is 1. The molecule has 0 radical (unpaired) electrons. The summed E-state index contributed by atoms with van der Waals surface area (Å²) in [5, 5.41) is 14.8. The smallest absolute Gasteiger partial charge is 0.134 e. The third-order valence-electron chi connectivity index (χ3n) is 4.78. The Balaban J connectivity index is 1.75. The number of rotatable bonds is 3. The zero-order valence-corrected chi connectivity index (χ0v) is 16.0. The second-order valence-electron chi connectivity index (χ2n) is 6.58. The molecule has 0 aliphatic carbocycles. The number of nitriles is 1. The molecule has 4 aromatic rings. The highest BCUT2D eigenvalue weighted by molar-refractivity contribution is 7.11. The fourth-order valence-electron chi connectivity index (χ4n) is 3.10. The lowest BCUT2D eigenvalue weighted by Crippen LogP contribution is -1.86. The summed E-state index contributed by atoms with van der Waals surface area (Å²) in [6.45, 7) is 4.21. The van der Waals surface area contributed by atoms with Crippen molar-refractivity contribution < 1.29 is 0 Å². The van der Waals surface area contributed by atoms with Crippen LogP contribution in [-0.4, -0.2) is 4.98 Å². The number of hydrogen-bond acceptors (Lipinski definition) is 3. The molecular formula is C24H18N2S. The number of nitrogens with zero attached hydrogens (tertiary/aromatic N) is 2. The van der Waals surface area contributed by atoms with E-state index >= 15 is 0 Å². The molecule has 0 aliphatic rings. The summed E-state index contributed by atoms with van der Waals surface area (Å²) >= 11 is 1.51. The van der Waals surface area contributed by atoms with Crippen LogP contribution in [-0.2, 0) is 0 Å². The van der Waals surface area contributed by atoms with Crippen LogP contribution in [0.5, 0.6) is 0 Å². The zero-order chi connectivity index (χ0) is 18.8. The van der Waals surface area contributed by atoms with Gasteiger partial charge in [0.2, 0.25) is 0 Å². The molecule has 4 rings (SSSR count). The van der Waals surface area contributed by atoms with Crippen molar-refractivity contribution in [2.75, 3.05) is 0 Å². The van der Waals surface area contributed by atoms with Crippen LogP contribution >= 0.6 is 11.3 Å². The Morgan fingerprint density at radius 1 is 1.00 bits per heavy atom. The number of thiazole rings is 1. The molecule has 0 atom stereocenters. The van der Waals surface area contributed by atoms with Crippen LogP contribution in [0.3, 0.4) is 0 Å². The van der Waals surface area contributed by atoms with E-state index in [9.17, 15) is 5.26 Å². The molecule has 3 heteroatoms. The van der Waals surface area contributed by atoms with Crippen molar-refractivity contribution in [3.63, 3.8) is 0 Å². The van der Waals surface area contributed by atoms with Crippen LogP contribution < -0.4 is 0 Å². The van der Waals surface area contributed by atoms with Crippen molar-refractivity contribution in [2.45, 2.75) is 13.8 Å². The highest BCUT2D eigenvalue weighted by atomic mass is 32.1. The summed E-state index contributed by atoms with van der Waals surface area (Å²) in [4.78, 5) is 4.73. The minimum absolute atomic E-state index is 0.589. The zero-order valence-electron chi connectivity index (χ0n) is 15.2. The lowest BCUT2D eigenvalue weighted by molar-refractivity contribution is 1.32. The van der Waals surface area contributed by atoms with Crippen molar-refractivity contribution in [3.8, 4) is 17.3 Å². The molecule has 1 heterocycles. The SMILES string of the molecule is Cc1ccc(-c2csc(/C(C#N)=C/c3cccc4ccccc34)n2)cc1C. The van der Waals surface area contributed by atoms with Crippen molar-refractivity contribution >= 4 is 33.8 Å². The van der Waals surface area contributed by atoms with Gasteiger partial charge in [0.25, 0.3) is 0 Å². The van der Waals surface area contributed by atoms with Gasteiger partial charge in [0.15, 0.2) is 0 Å². The standard InChI is InChI=1S/C24H18N2S/c1-16-10-11-20(12-17(16)2)23-15-27-24(26-23)21(14-25)13-19-8-5-7-18-6-3-4-9-22(18)19/h3-13,15H,1-2H3/b21-13+. The molecule has 0 saturated carbocycles. The first-order valence-electron chi connectivity index (χ1n) is 8.79. The van der Waals surface area contributed by atoms with Crippen LogP contribution in [0.25, 0.3) is 33.7 Å². The van der Waals surface area contributed by atoms with E-state index in [1.165, 1.54) is 27.8 Å². The molecule has 2 nitrogen and oxygen atoms in total. The van der Waals surface area contributed by atoms with Gasteiger partial charge in [-0.15, -0.1) is 11.3 Å². The van der Waals surface area contributed by atoms with E-state index in [1.807, 2.05) is 35.7 Å². The van der Waals surface area contributed by atoms with Crippen LogP contribution in [0.15, 0.2) is 66.0 Å². The summed E-state index contributed by atoms with van der Waals surface area (Å²) in [5.74, 6) is 0. The maximum Gasteiger partial charge on any atom is 0.134 e. The van der Waals surface area contributed by atoms with Gasteiger partial charge < -0.3 is 0 Å². The van der Waals surface area contributed by atoms with Crippen LogP contribution in [0, 0.1) is 25.2 Å². The molecule has 0 saturated heterocycles. The van der Waals surface area contributed by atoms with Crippen molar-refractivity contribution in [1.29, 1.82) is 5.26 Å². The van der Waals surface area contributed by atoms with E-state index in [4.69, 9.17) is 4.98 Å². The molecule has 3 aromatic carbocycles. The normalized spacial score (nSPS) is 11.5. The van der Waals surface area contributed by atoms with E-state index in [1.54, 1.807) is 0 Å². The van der Waals surface area contributed by atoms with Crippen molar-refractivity contribution in [3.05, 3.63) is 87.7 Å². The largest absolute Gasteiger partial charge is 0.235 e. The predicted molar refractivity (Wildman–Crippen MR) is 114 cm³/mol. The molecule has 0 bridgehead atoms. The fourth-order valence-corrected chi connectivity index (χ4v) is 3.90. The number of hydrogen-bond donors (Lipinski definition) is 0. The molecule has 130 valence electrons. The summed E-state index contributed by atoms with van der Waals surface area (Å²) < 4.78 is 0. The van der Waals surface area contributed by atoms with Gasteiger partial charge >= 0.3 is 0 Å². The third-order valence-corrected chi connectivity index (χ3v) is 5.66. The Labute approximate surface area is 163 Å². The van der Waals surface area contributed by atoms with Gasteiger partial charge in [0, 0.05) is 10.9 Å². The molecule has 0 unspecified atom stereocenters. The molecule has 0 spiro atoms. The molecule has 0 fully saturated rings. The van der Waals surface area contributed by atoms with E-state index in [0.717, 1.165) is 27.2 Å². The molecule has 0 N–H and O–H groups in total. The Hall–Kier alpha value is -3.22. The maximum absolute atomic E-state index is 9.72. The quantitative estimate of drug-likeness (QED) is 0.381. The van der Waals surface area contributed by atoms with E-state index in [-0.39, 0.29) is 0 Å². The number of aromatic nitrogens is 1. The topological polar surface area (TPSA) is 36.7 Å². The van der Waals surface area contributed by atoms with Gasteiger partial charge in [0.05, 0.1) is 11.3 Å². The van der Waals surface area contributed by atoms with Gasteiger partial charge in [0.1, 0.15) is 11.1 Å². The number of fused-ring (bicyclic) bond motifs is 1. The fraction of sp³-hybridized carbons (Fsp3) is 0.0833. The third kappa shape index (κ3) is 3.40. The monoisotopic (exact) mass is 366 g/mol. The maximum atomic E-state index is 9.72. The van der Waals surface area contributed by atoms with Crippen LogP contribution in [0.4, 0.5) is 0 Å². The lowest BCUT2D eigenvalue weighted by Gasteiger charge is -2.03. The molecular weight excluding hydrogens is 348 g/mol. The van der Waals surface area contributed by atoms with Gasteiger partial charge in [-0.1, -0.05) is 54.6 Å². The van der Waals surface area contributed by atoms with Crippen LogP contribution in [0.2, 0.25) is 0 Å². The average molecular weight is 366 g/mol. The van der Waals surface area contributed by atoms with E-state index < -0.39 is 0 Å². The van der Waals surface area contributed by atoms with Crippen molar-refractivity contribution in [2.24, 2.45) is 0 Å². The molecule has 27 heavy (non-hydrogen) atoms. The average Bonchev–Trinajstić information content (AvgIpc) is 3.18. The Morgan fingerprint density at radius 2 is 1.81 bits per heavy atom. The first kappa shape index (κ1) is 17.2. The Kier molecular flexibility index (Phi) is 4.58. The molecule has 0 amide bonds. The first-order valence-corrected chi connectivity index (χ1v) is 9.67. The van der Waals surface area contributed by atoms with E-state index in [0.29, 0.717) is 5.57 Å². The first-order chi connectivity index (χ1) is 13.2. The molecule has 1 aromatic heterocycles. The second-order valence-corrected chi connectivity index (χ2v) is 7.43. The van der Waals surface area contributed by atoms with Gasteiger partial charge in [-0.05, 0) is 53.5 Å².